The highest BCUT2D eigenvalue weighted by molar-refractivity contribution is 7.26. The van der Waals surface area contributed by atoms with Crippen LogP contribution in [-0.4, -0.2) is 12.3 Å². The number of fused-ring (bicyclic) bond motifs is 11. The maximum absolute atomic E-state index is 2.81. The third kappa shape index (κ3) is 6.83. The van der Waals surface area contributed by atoms with Crippen molar-refractivity contribution in [2.75, 3.05) is 14.7 Å². The largest absolute Gasteiger partial charge is 0.334 e. The number of thiophene rings is 1. The molecule has 0 saturated heterocycles. The Morgan fingerprint density at radius 3 is 1.82 bits per heavy atom. The van der Waals surface area contributed by atoms with Gasteiger partial charge in [0.25, 0.3) is 6.71 Å². The summed E-state index contributed by atoms with van der Waals surface area (Å²) in [5, 5.41) is 2.65. The lowest BCUT2D eigenvalue weighted by atomic mass is 9.33. The minimum absolute atomic E-state index is 0.00669. The van der Waals surface area contributed by atoms with E-state index in [0.717, 1.165) is 6.42 Å². The molecular formula is C68H68BN3S. The number of hydrogen-bond donors (Lipinski definition) is 0. The Morgan fingerprint density at radius 2 is 1.10 bits per heavy atom. The van der Waals surface area contributed by atoms with E-state index in [-0.39, 0.29) is 33.9 Å². The highest BCUT2D eigenvalue weighted by Crippen LogP contribution is 2.62. The van der Waals surface area contributed by atoms with Crippen LogP contribution in [0.25, 0.3) is 31.3 Å². The molecule has 3 nitrogen and oxygen atoms in total. The molecule has 2 atom stereocenters. The highest BCUT2D eigenvalue weighted by Gasteiger charge is 2.58. The maximum atomic E-state index is 2.81. The predicted octanol–water partition coefficient (Wildman–Crippen LogP) is 17.4. The van der Waals surface area contributed by atoms with Crippen molar-refractivity contribution in [3.05, 3.63) is 186 Å². The van der Waals surface area contributed by atoms with Crippen LogP contribution in [0.2, 0.25) is 0 Å². The number of nitrogens with zero attached hydrogens (tertiary/aromatic N) is 3. The Hall–Kier alpha value is -6.56. The van der Waals surface area contributed by atoms with E-state index in [2.05, 4.69) is 255 Å². The van der Waals surface area contributed by atoms with Crippen LogP contribution in [0.15, 0.2) is 164 Å². The number of hydrogen-bond acceptors (Lipinski definition) is 4. The summed E-state index contributed by atoms with van der Waals surface area (Å²) in [6.07, 6.45) is 4.77. The molecule has 4 aliphatic rings. The third-order valence-corrected chi connectivity index (χ3v) is 19.0. The van der Waals surface area contributed by atoms with Crippen LogP contribution in [0.3, 0.4) is 0 Å². The Bertz CT molecular complexity index is 3700. The minimum Gasteiger partial charge on any atom is -0.334 e. The van der Waals surface area contributed by atoms with Crippen LogP contribution in [-0.2, 0) is 21.7 Å². The average Bonchev–Trinajstić information content (AvgIpc) is 3.85. The summed E-state index contributed by atoms with van der Waals surface area (Å²) in [7, 11) is 0. The topological polar surface area (TPSA) is 9.72 Å². The normalized spacial score (nSPS) is 19.2. The van der Waals surface area contributed by atoms with Crippen molar-refractivity contribution in [3.8, 4) is 11.1 Å². The van der Waals surface area contributed by atoms with Crippen LogP contribution in [0.5, 0.6) is 0 Å². The fourth-order valence-corrected chi connectivity index (χ4v) is 14.8. The van der Waals surface area contributed by atoms with Gasteiger partial charge in [-0.3, -0.25) is 0 Å². The second-order valence-electron chi connectivity index (χ2n) is 25.3. The molecular weight excluding hydrogens is 902 g/mol. The first-order valence-electron chi connectivity index (χ1n) is 26.9. The zero-order valence-electron chi connectivity index (χ0n) is 44.7. The standard InChI is InChI=1S/C68H68BN3S/c1-64(2,3)44-27-31-47(32-28-44)70-56-35-30-46(66(7,8)9)40-53(56)69-52-33-36-60-61(49-23-15-18-26-59(49)73-60)63(52)71(54-34-29-45(65(4,5)6)39-50(54)43-21-13-12-14-22-43)58-42-48(41-57(70)62(58)69)72-55-25-17-16-24-51(55)67(10)37-19-20-38-68(67,72)11/h12-18,21-36,39-42H,19-20,37-38H2,1-11H3. The van der Waals surface area contributed by atoms with Crippen LogP contribution in [0.1, 0.15) is 124 Å². The van der Waals surface area contributed by atoms with Crippen LogP contribution < -0.4 is 31.1 Å². The summed E-state index contributed by atoms with van der Waals surface area (Å²) < 4.78 is 2.64. The summed E-state index contributed by atoms with van der Waals surface area (Å²) in [5.74, 6) is 0. The Labute approximate surface area is 438 Å². The predicted molar refractivity (Wildman–Crippen MR) is 318 cm³/mol. The van der Waals surface area contributed by atoms with Gasteiger partial charge in [0.1, 0.15) is 0 Å². The molecule has 2 unspecified atom stereocenters. The molecule has 1 saturated carbocycles. The number of rotatable bonds is 4. The molecule has 73 heavy (non-hydrogen) atoms. The summed E-state index contributed by atoms with van der Waals surface area (Å²) in [5.41, 5.74) is 21.8. The molecule has 5 heteroatoms. The van der Waals surface area contributed by atoms with E-state index in [1.54, 1.807) is 0 Å². The summed E-state index contributed by atoms with van der Waals surface area (Å²) in [6.45, 7) is 26.2. The van der Waals surface area contributed by atoms with E-state index in [1.165, 1.54) is 135 Å². The maximum Gasteiger partial charge on any atom is 0.252 e. The van der Waals surface area contributed by atoms with E-state index in [0.29, 0.717) is 0 Å². The van der Waals surface area contributed by atoms with Crippen molar-refractivity contribution in [3.63, 3.8) is 0 Å². The first-order chi connectivity index (χ1) is 34.8. The molecule has 0 radical (unpaired) electrons. The van der Waals surface area contributed by atoms with Gasteiger partial charge in [0.05, 0.1) is 16.9 Å². The first-order valence-corrected chi connectivity index (χ1v) is 27.7. The lowest BCUT2D eigenvalue weighted by Crippen LogP contribution is -2.61. The SMILES string of the molecule is CC(C)(C)c1ccc(N2c3ccc(C(C)(C)C)cc3B3c4ccc5sc6ccccc6c5c4N(c4ccc(C(C)(C)C)cc4-c4ccccc4)c4cc(N5c6ccccc6C6(C)CCCCC56C)cc2c43)cc1. The number of anilines is 8. The molecule has 4 heterocycles. The molecule has 1 fully saturated rings. The Kier molecular flexibility index (Phi) is 10.1. The number of para-hydroxylation sites is 1. The lowest BCUT2D eigenvalue weighted by molar-refractivity contribution is 0.195. The smallest absolute Gasteiger partial charge is 0.252 e. The monoisotopic (exact) mass is 970 g/mol. The molecule has 0 N–H and O–H groups in total. The van der Waals surface area contributed by atoms with Crippen molar-refractivity contribution in [2.24, 2.45) is 0 Å². The van der Waals surface area contributed by atoms with Gasteiger partial charge in [-0.2, -0.15) is 0 Å². The van der Waals surface area contributed by atoms with E-state index >= 15 is 0 Å². The van der Waals surface area contributed by atoms with Gasteiger partial charge < -0.3 is 14.7 Å². The van der Waals surface area contributed by atoms with Crippen molar-refractivity contribution in [1.29, 1.82) is 0 Å². The zero-order valence-corrected chi connectivity index (χ0v) is 45.6. The van der Waals surface area contributed by atoms with Gasteiger partial charge in [-0.05, 0) is 141 Å². The van der Waals surface area contributed by atoms with Crippen molar-refractivity contribution in [1.82, 2.24) is 0 Å². The van der Waals surface area contributed by atoms with Gasteiger partial charge in [0.2, 0.25) is 0 Å². The van der Waals surface area contributed by atoms with Crippen molar-refractivity contribution >= 4 is 100 Å². The summed E-state index contributed by atoms with van der Waals surface area (Å²) in [6, 6.07) is 64.2. The lowest BCUT2D eigenvalue weighted by Gasteiger charge is -2.51. The average molecular weight is 970 g/mol. The van der Waals surface area contributed by atoms with E-state index in [4.69, 9.17) is 0 Å². The van der Waals surface area contributed by atoms with Crippen LogP contribution >= 0.6 is 11.3 Å². The van der Waals surface area contributed by atoms with Gasteiger partial charge in [0, 0.05) is 65.3 Å². The summed E-state index contributed by atoms with van der Waals surface area (Å²) >= 11 is 1.92. The number of benzene rings is 8. The molecule has 3 aliphatic heterocycles. The molecule has 364 valence electrons. The van der Waals surface area contributed by atoms with Gasteiger partial charge in [-0.1, -0.05) is 185 Å². The molecule has 0 bridgehead atoms. The quantitative estimate of drug-likeness (QED) is 0.163. The fraction of sp³-hybridized carbons (Fsp3) is 0.294. The minimum atomic E-state index is -0.138. The van der Waals surface area contributed by atoms with Gasteiger partial charge >= 0.3 is 0 Å². The fourth-order valence-electron chi connectivity index (χ4n) is 13.7. The third-order valence-electron chi connectivity index (χ3n) is 17.9. The van der Waals surface area contributed by atoms with Gasteiger partial charge in [-0.15, -0.1) is 11.3 Å². The van der Waals surface area contributed by atoms with Crippen molar-refractivity contribution < 1.29 is 0 Å². The summed E-state index contributed by atoms with van der Waals surface area (Å²) in [4.78, 5) is 8.19. The van der Waals surface area contributed by atoms with Crippen LogP contribution in [0, 0.1) is 0 Å². The molecule has 0 spiro atoms. The first kappa shape index (κ1) is 46.2. The second kappa shape index (κ2) is 16.0. The van der Waals surface area contributed by atoms with E-state index in [9.17, 15) is 0 Å². The second-order valence-corrected chi connectivity index (χ2v) is 26.4. The van der Waals surface area contributed by atoms with Gasteiger partial charge in [-0.25, -0.2) is 0 Å². The Balaban J connectivity index is 1.21. The molecule has 9 aromatic rings. The van der Waals surface area contributed by atoms with E-state index in [1.807, 2.05) is 11.3 Å². The molecule has 8 aromatic carbocycles. The molecule has 0 amide bonds. The highest BCUT2D eigenvalue weighted by atomic mass is 32.1. The van der Waals surface area contributed by atoms with E-state index < -0.39 is 0 Å². The Morgan fingerprint density at radius 1 is 0.479 bits per heavy atom. The molecule has 13 rings (SSSR count). The molecule has 1 aromatic heterocycles. The zero-order chi connectivity index (χ0) is 50.6. The van der Waals surface area contributed by atoms with Crippen molar-refractivity contribution in [2.45, 2.75) is 129 Å². The van der Waals surface area contributed by atoms with Crippen LogP contribution in [0.4, 0.5) is 45.5 Å². The molecule has 1 aliphatic carbocycles. The van der Waals surface area contributed by atoms with Gasteiger partial charge in [0.15, 0.2) is 0 Å².